The van der Waals surface area contributed by atoms with Gasteiger partial charge in [0.25, 0.3) is 5.91 Å². The molecule has 0 radical (unpaired) electrons. The molecular formula is C11H13ClN2O2. The van der Waals surface area contributed by atoms with Crippen LogP contribution in [0.2, 0.25) is 5.02 Å². The number of hydrogen-bond donors (Lipinski definition) is 0. The van der Waals surface area contributed by atoms with Gasteiger partial charge in [0.1, 0.15) is 0 Å². The molecule has 1 amide bonds. The number of nitrogens with zero attached hydrogens (tertiary/aromatic N) is 2. The highest BCUT2D eigenvalue weighted by atomic mass is 35.5. The Hall–Kier alpha value is -1.13. The predicted molar refractivity (Wildman–Crippen MR) is 60.6 cm³/mol. The predicted octanol–water partition coefficient (Wildman–Crippen LogP) is 1.60. The number of carbonyl (C=O) groups excluding carboxylic acids is 1. The summed E-state index contributed by atoms with van der Waals surface area (Å²) in [4.78, 5) is 17.8. The van der Waals surface area contributed by atoms with Crippen molar-refractivity contribution in [3.05, 3.63) is 29.0 Å². The van der Waals surface area contributed by atoms with Crippen molar-refractivity contribution in [1.82, 2.24) is 9.88 Å². The fourth-order valence-corrected chi connectivity index (χ4v) is 1.84. The first-order valence-electron chi connectivity index (χ1n) is 5.25. The first-order valence-corrected chi connectivity index (χ1v) is 5.63. The summed E-state index contributed by atoms with van der Waals surface area (Å²) in [5.74, 6) is -0.0661. The average molecular weight is 241 g/mol. The molecule has 1 aromatic heterocycles. The fraction of sp³-hybridized carbons (Fsp3) is 0.455. The summed E-state index contributed by atoms with van der Waals surface area (Å²) >= 11 is 5.96. The van der Waals surface area contributed by atoms with Crippen LogP contribution in [0.25, 0.3) is 0 Å². The molecule has 16 heavy (non-hydrogen) atoms. The zero-order valence-electron chi connectivity index (χ0n) is 8.86. The van der Waals surface area contributed by atoms with Gasteiger partial charge in [0.2, 0.25) is 0 Å². The molecule has 0 unspecified atom stereocenters. The van der Waals surface area contributed by atoms with Crippen LogP contribution in [0.3, 0.4) is 0 Å². The second-order valence-electron chi connectivity index (χ2n) is 3.61. The van der Waals surface area contributed by atoms with Crippen LogP contribution in [-0.2, 0) is 4.74 Å². The van der Waals surface area contributed by atoms with Crippen LogP contribution in [0.4, 0.5) is 0 Å². The van der Waals surface area contributed by atoms with E-state index in [4.69, 9.17) is 16.3 Å². The van der Waals surface area contributed by atoms with E-state index in [9.17, 15) is 4.79 Å². The van der Waals surface area contributed by atoms with Crippen molar-refractivity contribution >= 4 is 17.5 Å². The second-order valence-corrected chi connectivity index (χ2v) is 4.02. The largest absolute Gasteiger partial charge is 0.380 e. The van der Waals surface area contributed by atoms with Crippen LogP contribution in [0.5, 0.6) is 0 Å². The lowest BCUT2D eigenvalue weighted by atomic mass is 10.2. The Kier molecular flexibility index (Phi) is 3.74. The average Bonchev–Trinajstić information content (AvgIpc) is 2.57. The van der Waals surface area contributed by atoms with Gasteiger partial charge < -0.3 is 9.64 Å². The summed E-state index contributed by atoms with van der Waals surface area (Å²) < 4.78 is 5.30. The van der Waals surface area contributed by atoms with Gasteiger partial charge in [0.05, 0.1) is 17.2 Å². The maximum Gasteiger partial charge on any atom is 0.257 e. The lowest BCUT2D eigenvalue weighted by molar-refractivity contribution is 0.0741. The molecule has 0 aliphatic carbocycles. The number of carbonyl (C=O) groups is 1. The van der Waals surface area contributed by atoms with Gasteiger partial charge >= 0.3 is 0 Å². The molecule has 1 saturated heterocycles. The van der Waals surface area contributed by atoms with Crippen molar-refractivity contribution in [2.24, 2.45) is 0 Å². The van der Waals surface area contributed by atoms with Crippen LogP contribution in [-0.4, -0.2) is 42.1 Å². The van der Waals surface area contributed by atoms with Gasteiger partial charge in [-0.3, -0.25) is 9.78 Å². The third kappa shape index (κ3) is 2.51. The zero-order chi connectivity index (χ0) is 11.4. The number of aromatic nitrogens is 1. The van der Waals surface area contributed by atoms with Crippen molar-refractivity contribution in [2.45, 2.75) is 6.42 Å². The summed E-state index contributed by atoms with van der Waals surface area (Å²) in [6.07, 6.45) is 3.95. The molecule has 4 nitrogen and oxygen atoms in total. The molecule has 1 fully saturated rings. The van der Waals surface area contributed by atoms with Crippen LogP contribution in [0, 0.1) is 0 Å². The van der Waals surface area contributed by atoms with E-state index in [2.05, 4.69) is 4.98 Å². The standard InChI is InChI=1S/C11H13ClN2O2/c12-10-2-3-13-8-9(10)11(15)14-4-1-6-16-7-5-14/h2-3,8H,1,4-7H2. The van der Waals surface area contributed by atoms with E-state index < -0.39 is 0 Å². The van der Waals surface area contributed by atoms with Gasteiger partial charge in [-0.05, 0) is 12.5 Å². The van der Waals surface area contributed by atoms with E-state index in [0.717, 1.165) is 6.42 Å². The van der Waals surface area contributed by atoms with Crippen molar-refractivity contribution in [1.29, 1.82) is 0 Å². The van der Waals surface area contributed by atoms with Gasteiger partial charge in [-0.1, -0.05) is 11.6 Å². The third-order valence-corrected chi connectivity index (χ3v) is 2.84. The topological polar surface area (TPSA) is 42.4 Å². The monoisotopic (exact) mass is 240 g/mol. The minimum Gasteiger partial charge on any atom is -0.380 e. The molecule has 0 bridgehead atoms. The van der Waals surface area contributed by atoms with E-state index in [1.165, 1.54) is 6.20 Å². The molecule has 0 spiro atoms. The van der Waals surface area contributed by atoms with Crippen LogP contribution >= 0.6 is 11.6 Å². The number of halogens is 1. The number of amides is 1. The van der Waals surface area contributed by atoms with Crippen LogP contribution in [0.1, 0.15) is 16.8 Å². The highest BCUT2D eigenvalue weighted by Crippen LogP contribution is 2.16. The lowest BCUT2D eigenvalue weighted by Gasteiger charge is -2.19. The normalized spacial score (nSPS) is 16.9. The summed E-state index contributed by atoms with van der Waals surface area (Å²) in [6, 6.07) is 1.63. The highest BCUT2D eigenvalue weighted by molar-refractivity contribution is 6.33. The van der Waals surface area contributed by atoms with E-state index in [-0.39, 0.29) is 5.91 Å². The smallest absolute Gasteiger partial charge is 0.257 e. The number of pyridine rings is 1. The summed E-state index contributed by atoms with van der Waals surface area (Å²) in [7, 11) is 0. The molecule has 0 saturated carbocycles. The van der Waals surface area contributed by atoms with Gasteiger partial charge in [-0.2, -0.15) is 0 Å². The highest BCUT2D eigenvalue weighted by Gasteiger charge is 2.19. The Labute approximate surface area is 99.2 Å². The number of rotatable bonds is 1. The Morgan fingerprint density at radius 2 is 2.31 bits per heavy atom. The maximum absolute atomic E-state index is 12.1. The Balaban J connectivity index is 2.14. The molecule has 0 atom stereocenters. The first kappa shape index (κ1) is 11.4. The number of hydrogen-bond acceptors (Lipinski definition) is 3. The first-order chi connectivity index (χ1) is 7.79. The van der Waals surface area contributed by atoms with Crippen LogP contribution in [0.15, 0.2) is 18.5 Å². The minimum atomic E-state index is -0.0661. The SMILES string of the molecule is O=C(c1cnccc1Cl)N1CCCOCC1. The summed E-state index contributed by atoms with van der Waals surface area (Å²) in [5, 5.41) is 0.449. The molecule has 86 valence electrons. The molecule has 2 heterocycles. The molecule has 2 rings (SSSR count). The van der Waals surface area contributed by atoms with E-state index in [0.29, 0.717) is 36.9 Å². The molecular weight excluding hydrogens is 228 g/mol. The summed E-state index contributed by atoms with van der Waals surface area (Å²) in [5.41, 5.74) is 0.464. The fourth-order valence-electron chi connectivity index (χ4n) is 1.65. The Morgan fingerprint density at radius 3 is 3.12 bits per heavy atom. The van der Waals surface area contributed by atoms with Crippen molar-refractivity contribution in [3.8, 4) is 0 Å². The second kappa shape index (κ2) is 5.27. The van der Waals surface area contributed by atoms with Crippen molar-refractivity contribution in [3.63, 3.8) is 0 Å². The van der Waals surface area contributed by atoms with Gasteiger partial charge in [0, 0.05) is 32.1 Å². The molecule has 5 heteroatoms. The van der Waals surface area contributed by atoms with E-state index in [1.807, 2.05) is 0 Å². The zero-order valence-corrected chi connectivity index (χ0v) is 9.61. The molecule has 0 N–H and O–H groups in total. The molecule has 1 aromatic rings. The molecule has 1 aliphatic rings. The quantitative estimate of drug-likeness (QED) is 0.749. The Morgan fingerprint density at radius 1 is 1.44 bits per heavy atom. The molecule has 1 aliphatic heterocycles. The molecule has 0 aromatic carbocycles. The number of ether oxygens (including phenoxy) is 1. The maximum atomic E-state index is 12.1. The summed E-state index contributed by atoms with van der Waals surface area (Å²) in [6.45, 7) is 2.63. The van der Waals surface area contributed by atoms with Crippen molar-refractivity contribution in [2.75, 3.05) is 26.3 Å². The van der Waals surface area contributed by atoms with Crippen LogP contribution < -0.4 is 0 Å². The lowest BCUT2D eigenvalue weighted by Crippen LogP contribution is -2.33. The van der Waals surface area contributed by atoms with Crippen molar-refractivity contribution < 1.29 is 9.53 Å². The van der Waals surface area contributed by atoms with E-state index >= 15 is 0 Å². The van der Waals surface area contributed by atoms with Gasteiger partial charge in [-0.25, -0.2) is 0 Å². The third-order valence-electron chi connectivity index (χ3n) is 2.51. The Bertz CT molecular complexity index is 376. The minimum absolute atomic E-state index is 0.0661. The van der Waals surface area contributed by atoms with E-state index in [1.54, 1.807) is 17.2 Å². The van der Waals surface area contributed by atoms with Gasteiger partial charge in [0.15, 0.2) is 0 Å². The van der Waals surface area contributed by atoms with Gasteiger partial charge in [-0.15, -0.1) is 0 Å².